The number of benzene rings is 1. The fraction of sp³-hybridized carbons (Fsp3) is 0.500. The van der Waals surface area contributed by atoms with Crippen molar-refractivity contribution in [3.05, 3.63) is 47.7 Å². The molecule has 1 amide bonds. The summed E-state index contributed by atoms with van der Waals surface area (Å²) in [7, 11) is 0. The van der Waals surface area contributed by atoms with Gasteiger partial charge in [0.25, 0.3) is 0 Å². The second-order valence-corrected chi connectivity index (χ2v) is 11.7. The molecule has 3 aromatic rings. The number of fused-ring (bicyclic) bond motifs is 3. The molecule has 5 heterocycles. The van der Waals surface area contributed by atoms with Crippen LogP contribution < -0.4 is 10.2 Å². The number of para-hydroxylation sites is 1. The van der Waals surface area contributed by atoms with E-state index in [2.05, 4.69) is 50.4 Å². The summed E-state index contributed by atoms with van der Waals surface area (Å²) < 4.78 is 5.55. The number of amides is 1. The number of carbonyl (C=O) groups excluding carboxylic acids is 1. The molecule has 1 spiro atoms. The van der Waals surface area contributed by atoms with E-state index in [9.17, 15) is 9.90 Å². The monoisotopic (exact) mass is 500 g/mol. The van der Waals surface area contributed by atoms with Gasteiger partial charge in [-0.05, 0) is 49.8 Å². The van der Waals surface area contributed by atoms with Crippen molar-refractivity contribution in [1.82, 2.24) is 20.3 Å². The van der Waals surface area contributed by atoms with Gasteiger partial charge in [-0.15, -0.1) is 10.2 Å². The standard InChI is InChI=1S/C28H32N6O3/c1-16(2)7-21-10-25(32-37-21)33-14-20-9-19(33)15-34(20)27(36)18-12-28(13-18)11-17-8-23(30-31-26(17)29-28)22-5-3-4-6-24(22)35/h3-6,8,10,16,18-20,35H,7,9,11-15H2,1-2H3,(H,29,31)/t18-,19-,20-,28+/m0/s1. The number of carbonyl (C=O) groups is 1. The highest BCUT2D eigenvalue weighted by Gasteiger charge is 2.55. The molecule has 1 saturated carbocycles. The lowest BCUT2D eigenvalue weighted by molar-refractivity contribution is -0.141. The molecule has 3 aliphatic heterocycles. The van der Waals surface area contributed by atoms with E-state index in [1.165, 1.54) is 0 Å². The summed E-state index contributed by atoms with van der Waals surface area (Å²) in [6.07, 6.45) is 4.35. The number of aromatic nitrogens is 3. The predicted molar refractivity (Wildman–Crippen MR) is 138 cm³/mol. The minimum atomic E-state index is -0.118. The van der Waals surface area contributed by atoms with Gasteiger partial charge < -0.3 is 24.7 Å². The van der Waals surface area contributed by atoms with Gasteiger partial charge in [-0.1, -0.05) is 31.1 Å². The van der Waals surface area contributed by atoms with Crippen molar-refractivity contribution in [3.8, 4) is 17.0 Å². The largest absolute Gasteiger partial charge is 0.507 e. The average Bonchev–Trinajstić information content (AvgIpc) is 3.63. The van der Waals surface area contributed by atoms with E-state index < -0.39 is 0 Å². The molecule has 4 aliphatic rings. The van der Waals surface area contributed by atoms with Crippen LogP contribution in [0.3, 0.4) is 0 Å². The maximum Gasteiger partial charge on any atom is 0.226 e. The van der Waals surface area contributed by atoms with Gasteiger partial charge in [-0.2, -0.15) is 0 Å². The SMILES string of the molecule is CC(C)Cc1cc(N2C[C@@H]3C[C@H]2CN3C(=O)[C@H]2C[C@]3(Cc4cc(-c5ccccc5O)nnc4N3)C2)no1. The van der Waals surface area contributed by atoms with Crippen molar-refractivity contribution in [2.75, 3.05) is 23.3 Å². The van der Waals surface area contributed by atoms with Crippen molar-refractivity contribution in [1.29, 1.82) is 0 Å². The number of aromatic hydroxyl groups is 1. The zero-order valence-electron chi connectivity index (χ0n) is 21.2. The van der Waals surface area contributed by atoms with Gasteiger partial charge in [-0.3, -0.25) is 4.79 Å². The fourth-order valence-corrected chi connectivity index (χ4v) is 6.84. The summed E-state index contributed by atoms with van der Waals surface area (Å²) in [5.41, 5.74) is 2.33. The Bertz CT molecular complexity index is 1360. The smallest absolute Gasteiger partial charge is 0.226 e. The van der Waals surface area contributed by atoms with E-state index in [0.29, 0.717) is 23.2 Å². The van der Waals surface area contributed by atoms with Crippen molar-refractivity contribution in [3.63, 3.8) is 0 Å². The number of likely N-dealkylation sites (tertiary alicyclic amines) is 1. The lowest BCUT2D eigenvalue weighted by Crippen LogP contribution is -2.57. The first-order valence-corrected chi connectivity index (χ1v) is 13.3. The summed E-state index contributed by atoms with van der Waals surface area (Å²) in [6, 6.07) is 11.8. The van der Waals surface area contributed by atoms with Crippen molar-refractivity contribution >= 4 is 17.5 Å². The Balaban J connectivity index is 0.975. The van der Waals surface area contributed by atoms with Crippen LogP contribution >= 0.6 is 0 Å². The van der Waals surface area contributed by atoms with Gasteiger partial charge >= 0.3 is 0 Å². The third-order valence-electron chi connectivity index (χ3n) is 8.56. The van der Waals surface area contributed by atoms with Gasteiger partial charge in [0.05, 0.1) is 17.8 Å². The Morgan fingerprint density at radius 1 is 1.19 bits per heavy atom. The van der Waals surface area contributed by atoms with Crippen LogP contribution in [-0.2, 0) is 17.6 Å². The number of nitrogens with one attached hydrogen (secondary N) is 1. The molecule has 37 heavy (non-hydrogen) atoms. The second kappa shape index (κ2) is 8.19. The zero-order chi connectivity index (χ0) is 25.3. The minimum absolute atomic E-state index is 0.0462. The molecule has 2 atom stereocenters. The molecule has 2 bridgehead atoms. The summed E-state index contributed by atoms with van der Waals surface area (Å²) in [5.74, 6) is 3.71. The summed E-state index contributed by atoms with van der Waals surface area (Å²) in [4.78, 5) is 17.9. The van der Waals surface area contributed by atoms with Crippen LogP contribution in [0.4, 0.5) is 11.6 Å². The highest BCUT2D eigenvalue weighted by molar-refractivity contribution is 5.82. The summed E-state index contributed by atoms with van der Waals surface area (Å²) in [5, 5.41) is 26.8. The van der Waals surface area contributed by atoms with E-state index >= 15 is 0 Å². The molecule has 2 aromatic heterocycles. The number of anilines is 2. The molecule has 9 heteroatoms. The van der Waals surface area contributed by atoms with Crippen LogP contribution in [0.5, 0.6) is 5.75 Å². The van der Waals surface area contributed by atoms with E-state index in [-0.39, 0.29) is 29.2 Å². The highest BCUT2D eigenvalue weighted by Crippen LogP contribution is 2.49. The molecular weight excluding hydrogens is 468 g/mol. The number of phenolic OH excluding ortho intramolecular Hbond substituents is 1. The van der Waals surface area contributed by atoms with Crippen molar-refractivity contribution in [2.24, 2.45) is 11.8 Å². The van der Waals surface area contributed by atoms with E-state index in [0.717, 1.165) is 68.2 Å². The topological polar surface area (TPSA) is 108 Å². The summed E-state index contributed by atoms with van der Waals surface area (Å²) >= 11 is 0. The zero-order valence-corrected chi connectivity index (χ0v) is 21.2. The molecule has 1 aliphatic carbocycles. The molecule has 192 valence electrons. The lowest BCUT2D eigenvalue weighted by Gasteiger charge is -2.47. The quantitative estimate of drug-likeness (QED) is 0.547. The lowest BCUT2D eigenvalue weighted by atomic mass is 9.66. The third-order valence-corrected chi connectivity index (χ3v) is 8.56. The maximum atomic E-state index is 13.5. The Kier molecular flexibility index (Phi) is 5.00. The molecule has 9 nitrogen and oxygen atoms in total. The van der Waals surface area contributed by atoms with E-state index in [1.807, 2.05) is 18.2 Å². The number of hydrogen-bond acceptors (Lipinski definition) is 8. The molecule has 3 fully saturated rings. The van der Waals surface area contributed by atoms with Crippen LogP contribution in [0.1, 0.15) is 44.4 Å². The Morgan fingerprint density at radius 3 is 2.78 bits per heavy atom. The van der Waals surface area contributed by atoms with Gasteiger partial charge in [0, 0.05) is 48.2 Å². The number of phenols is 1. The third kappa shape index (κ3) is 3.74. The Morgan fingerprint density at radius 2 is 2.03 bits per heavy atom. The van der Waals surface area contributed by atoms with Gasteiger partial charge in [0.2, 0.25) is 5.91 Å². The molecule has 1 aromatic carbocycles. The first kappa shape index (κ1) is 22.6. The highest BCUT2D eigenvalue weighted by atomic mass is 16.5. The first-order chi connectivity index (χ1) is 17.9. The second-order valence-electron chi connectivity index (χ2n) is 11.7. The van der Waals surface area contributed by atoms with Gasteiger partial charge in [0.15, 0.2) is 11.6 Å². The van der Waals surface area contributed by atoms with Gasteiger partial charge in [0.1, 0.15) is 11.5 Å². The van der Waals surface area contributed by atoms with Crippen LogP contribution in [-0.4, -0.2) is 62.0 Å². The molecule has 2 N–H and O–H groups in total. The maximum absolute atomic E-state index is 13.5. The average molecular weight is 501 g/mol. The van der Waals surface area contributed by atoms with Crippen LogP contribution in [0.25, 0.3) is 11.3 Å². The molecular formula is C28H32N6O3. The normalized spacial score (nSPS) is 27.6. The number of hydrogen-bond donors (Lipinski definition) is 2. The number of nitrogens with zero attached hydrogens (tertiary/aromatic N) is 5. The number of rotatable bonds is 5. The van der Waals surface area contributed by atoms with Crippen molar-refractivity contribution < 1.29 is 14.4 Å². The molecule has 0 unspecified atom stereocenters. The van der Waals surface area contributed by atoms with E-state index in [1.54, 1.807) is 12.1 Å². The fourth-order valence-electron chi connectivity index (χ4n) is 6.84. The minimum Gasteiger partial charge on any atom is -0.507 e. The summed E-state index contributed by atoms with van der Waals surface area (Å²) in [6.45, 7) is 5.95. The van der Waals surface area contributed by atoms with E-state index in [4.69, 9.17) is 4.52 Å². The van der Waals surface area contributed by atoms with Crippen molar-refractivity contribution in [2.45, 2.75) is 63.6 Å². The molecule has 7 rings (SSSR count). The van der Waals surface area contributed by atoms with Gasteiger partial charge in [-0.25, -0.2) is 0 Å². The Hall–Kier alpha value is -3.62. The van der Waals surface area contributed by atoms with Crippen LogP contribution in [0.15, 0.2) is 40.9 Å². The first-order valence-electron chi connectivity index (χ1n) is 13.3. The van der Waals surface area contributed by atoms with Crippen LogP contribution in [0, 0.1) is 11.8 Å². The molecule has 0 radical (unpaired) electrons. The van der Waals surface area contributed by atoms with Crippen LogP contribution in [0.2, 0.25) is 0 Å². The molecule has 2 saturated heterocycles. The Labute approximate surface area is 215 Å². The predicted octanol–water partition coefficient (Wildman–Crippen LogP) is 3.64. The number of piperazine rings is 1.